The number of carbonyl (C=O) groups excluding carboxylic acids is 1. The number of esters is 1. The fourth-order valence-corrected chi connectivity index (χ4v) is 3.43. The number of hydrogen-bond acceptors (Lipinski definition) is 4. The van der Waals surface area contributed by atoms with Gasteiger partial charge < -0.3 is 4.74 Å². The smallest absolute Gasteiger partial charge is 0.306 e. The van der Waals surface area contributed by atoms with Crippen molar-refractivity contribution in [3.8, 4) is 0 Å². The summed E-state index contributed by atoms with van der Waals surface area (Å²) in [5, 5.41) is 0. The minimum absolute atomic E-state index is 0.0480. The zero-order valence-corrected chi connectivity index (χ0v) is 9.63. The Kier molecular flexibility index (Phi) is 4.32. The van der Waals surface area contributed by atoms with Crippen LogP contribution in [-0.2, 0) is 19.4 Å². The Labute approximate surface area is 90.2 Å². The number of rotatable bonds is 4. The normalized spacial score (nSPS) is 24.5. The molecule has 0 aliphatic carbocycles. The van der Waals surface area contributed by atoms with E-state index in [0.717, 1.165) is 0 Å². The maximum atomic E-state index is 11.2. The lowest BCUT2D eigenvalue weighted by Gasteiger charge is -2.06. The van der Waals surface area contributed by atoms with Gasteiger partial charge in [0.25, 0.3) is 0 Å². The van der Waals surface area contributed by atoms with Gasteiger partial charge in [0.2, 0.25) is 0 Å². The Balaban J connectivity index is 2.28. The highest BCUT2D eigenvalue weighted by atomic mass is 32.2. The second-order valence-corrected chi connectivity index (χ2v) is 5.95. The van der Waals surface area contributed by atoms with Crippen LogP contribution in [0.5, 0.6) is 0 Å². The van der Waals surface area contributed by atoms with E-state index in [4.69, 9.17) is 4.74 Å². The fraction of sp³-hybridized carbons (Fsp3) is 0.700. The third-order valence-electron chi connectivity index (χ3n) is 2.36. The van der Waals surface area contributed by atoms with Gasteiger partial charge in [-0.15, -0.1) is 0 Å². The molecular weight excluding hydrogens is 216 g/mol. The first-order valence-electron chi connectivity index (χ1n) is 5.00. The van der Waals surface area contributed by atoms with Gasteiger partial charge in [-0.3, -0.25) is 4.79 Å². The summed E-state index contributed by atoms with van der Waals surface area (Å²) in [4.78, 5) is 11.2. The van der Waals surface area contributed by atoms with Gasteiger partial charge in [-0.05, 0) is 19.3 Å². The van der Waals surface area contributed by atoms with Gasteiger partial charge in [-0.25, -0.2) is 8.42 Å². The predicted octanol–water partition coefficient (Wildman–Crippen LogP) is 0.931. The second-order valence-electron chi connectivity index (χ2n) is 3.73. The molecule has 86 valence electrons. The lowest BCUT2D eigenvalue weighted by Crippen LogP contribution is -2.13. The Morgan fingerprint density at radius 3 is 2.80 bits per heavy atom. The van der Waals surface area contributed by atoms with Crippen molar-refractivity contribution in [1.82, 2.24) is 0 Å². The van der Waals surface area contributed by atoms with Crippen LogP contribution in [0.15, 0.2) is 12.2 Å². The summed E-state index contributed by atoms with van der Waals surface area (Å²) in [7, 11) is -2.89. The van der Waals surface area contributed by atoms with Crippen LogP contribution in [0.3, 0.4) is 0 Å². The predicted molar refractivity (Wildman–Crippen MR) is 57.2 cm³/mol. The molecule has 0 aromatic heterocycles. The fourth-order valence-electron chi connectivity index (χ4n) is 1.56. The highest BCUT2D eigenvalue weighted by Gasteiger charge is 2.29. The van der Waals surface area contributed by atoms with Gasteiger partial charge >= 0.3 is 5.97 Å². The molecule has 1 fully saturated rings. The highest BCUT2D eigenvalue weighted by Crippen LogP contribution is 2.21. The molecule has 0 unspecified atom stereocenters. The number of carbonyl (C=O) groups is 1. The van der Waals surface area contributed by atoms with Gasteiger partial charge in [0.05, 0.1) is 11.5 Å². The quantitative estimate of drug-likeness (QED) is 0.534. The van der Waals surface area contributed by atoms with E-state index >= 15 is 0 Å². The van der Waals surface area contributed by atoms with Crippen molar-refractivity contribution in [2.45, 2.75) is 19.8 Å². The van der Waals surface area contributed by atoms with Crippen LogP contribution in [0.4, 0.5) is 0 Å². The molecule has 15 heavy (non-hydrogen) atoms. The third kappa shape index (κ3) is 4.46. The Hall–Kier alpha value is -0.840. The van der Waals surface area contributed by atoms with Crippen molar-refractivity contribution < 1.29 is 17.9 Å². The Morgan fingerprint density at radius 1 is 1.53 bits per heavy atom. The molecule has 0 spiro atoms. The van der Waals surface area contributed by atoms with Gasteiger partial charge in [-0.1, -0.05) is 12.2 Å². The van der Waals surface area contributed by atoms with E-state index in [1.54, 1.807) is 12.2 Å². The molecule has 0 radical (unpaired) electrons. The van der Waals surface area contributed by atoms with Crippen molar-refractivity contribution in [3.63, 3.8) is 0 Å². The molecule has 0 amide bonds. The molecule has 0 saturated carbocycles. The summed E-state index contributed by atoms with van der Waals surface area (Å²) in [5.41, 5.74) is 0. The molecule has 0 aromatic rings. The minimum Gasteiger partial charge on any atom is -0.461 e. The van der Waals surface area contributed by atoms with Crippen molar-refractivity contribution in [2.24, 2.45) is 5.92 Å². The van der Waals surface area contributed by atoms with Crippen LogP contribution in [0.1, 0.15) is 19.8 Å². The van der Waals surface area contributed by atoms with Crippen molar-refractivity contribution in [1.29, 1.82) is 0 Å². The first kappa shape index (κ1) is 12.2. The molecule has 0 bridgehead atoms. The molecule has 0 N–H and O–H groups in total. The van der Waals surface area contributed by atoms with E-state index < -0.39 is 9.84 Å². The van der Waals surface area contributed by atoms with Crippen molar-refractivity contribution in [2.75, 3.05) is 18.1 Å². The lowest BCUT2D eigenvalue weighted by atomic mass is 10.1. The topological polar surface area (TPSA) is 60.4 Å². The molecule has 1 rings (SSSR count). The van der Waals surface area contributed by atoms with Crippen molar-refractivity contribution in [3.05, 3.63) is 12.2 Å². The zero-order chi connectivity index (χ0) is 11.3. The summed E-state index contributed by atoms with van der Waals surface area (Å²) in [5.74, 6) is -0.0192. The number of hydrogen-bond donors (Lipinski definition) is 0. The average Bonchev–Trinajstić information content (AvgIpc) is 2.46. The maximum Gasteiger partial charge on any atom is 0.306 e. The van der Waals surface area contributed by atoms with Crippen LogP contribution >= 0.6 is 0 Å². The number of ether oxygens (including phenoxy) is 1. The largest absolute Gasteiger partial charge is 0.461 e. The lowest BCUT2D eigenvalue weighted by molar-refractivity contribution is -0.143. The standard InChI is InChI=1S/C10H16O4S/c1-2-3-5-14-10(11)7-9-4-6-15(12,13)8-9/h2-3,9H,4-8H2,1H3/b3-2-/t9-/m0/s1. The molecule has 4 nitrogen and oxygen atoms in total. The van der Waals surface area contributed by atoms with Gasteiger partial charge in [0.1, 0.15) is 6.61 Å². The summed E-state index contributed by atoms with van der Waals surface area (Å²) in [6.45, 7) is 2.12. The van der Waals surface area contributed by atoms with Crippen LogP contribution < -0.4 is 0 Å². The van der Waals surface area contributed by atoms with E-state index in [1.807, 2.05) is 6.92 Å². The van der Waals surface area contributed by atoms with E-state index in [1.165, 1.54) is 0 Å². The van der Waals surface area contributed by atoms with Gasteiger partial charge in [0, 0.05) is 6.42 Å². The summed E-state index contributed by atoms with van der Waals surface area (Å²) in [6.07, 6.45) is 4.34. The van der Waals surface area contributed by atoms with Gasteiger partial charge in [-0.2, -0.15) is 0 Å². The number of sulfone groups is 1. The number of allylic oxidation sites excluding steroid dienone is 1. The second kappa shape index (κ2) is 5.30. The van der Waals surface area contributed by atoms with Crippen LogP contribution in [0.25, 0.3) is 0 Å². The molecular formula is C10H16O4S. The molecule has 1 heterocycles. The zero-order valence-electron chi connectivity index (χ0n) is 8.81. The van der Waals surface area contributed by atoms with Crippen LogP contribution in [0, 0.1) is 5.92 Å². The first-order chi connectivity index (χ1) is 7.03. The van der Waals surface area contributed by atoms with E-state index in [0.29, 0.717) is 6.42 Å². The molecule has 1 atom stereocenters. The summed E-state index contributed by atoms with van der Waals surface area (Å²) >= 11 is 0. The summed E-state index contributed by atoms with van der Waals surface area (Å²) < 4.78 is 27.1. The van der Waals surface area contributed by atoms with Crippen LogP contribution in [0.2, 0.25) is 0 Å². The Morgan fingerprint density at radius 2 is 2.27 bits per heavy atom. The third-order valence-corrected chi connectivity index (χ3v) is 4.20. The summed E-state index contributed by atoms with van der Waals surface area (Å²) in [6, 6.07) is 0. The monoisotopic (exact) mass is 232 g/mol. The highest BCUT2D eigenvalue weighted by molar-refractivity contribution is 7.91. The minimum atomic E-state index is -2.89. The van der Waals surface area contributed by atoms with E-state index in [9.17, 15) is 13.2 Å². The van der Waals surface area contributed by atoms with Crippen molar-refractivity contribution >= 4 is 15.8 Å². The molecule has 1 aliphatic heterocycles. The van der Waals surface area contributed by atoms with E-state index in [-0.39, 0.29) is 36.4 Å². The van der Waals surface area contributed by atoms with Gasteiger partial charge in [0.15, 0.2) is 9.84 Å². The maximum absolute atomic E-state index is 11.2. The molecule has 0 aromatic carbocycles. The average molecular weight is 232 g/mol. The molecule has 5 heteroatoms. The van der Waals surface area contributed by atoms with E-state index in [2.05, 4.69) is 0 Å². The SMILES string of the molecule is C/C=C\COC(=O)C[C@@H]1CCS(=O)(=O)C1. The molecule has 1 saturated heterocycles. The Bertz CT molecular complexity index is 342. The molecule has 1 aliphatic rings. The van der Waals surface area contributed by atoms with Crippen LogP contribution in [-0.4, -0.2) is 32.5 Å². The first-order valence-corrected chi connectivity index (χ1v) is 6.83.